The summed E-state index contributed by atoms with van der Waals surface area (Å²) >= 11 is 0. The first kappa shape index (κ1) is 16.0. The standard InChI is InChI=1S/C17H30N2/c1-16(2)10-6-3-4-9-13-18-14-15-19-17-11-7-5-8-12-17/h5,7-8,11-12,16,18-19H,3-4,6,9-10,13-15H2,1-2H3. The molecule has 0 heterocycles. The summed E-state index contributed by atoms with van der Waals surface area (Å²) in [5.74, 6) is 0.863. The van der Waals surface area contributed by atoms with Crippen molar-refractivity contribution in [1.82, 2.24) is 5.32 Å². The monoisotopic (exact) mass is 262 g/mol. The first-order valence-electron chi connectivity index (χ1n) is 7.78. The van der Waals surface area contributed by atoms with E-state index in [2.05, 4.69) is 48.7 Å². The Hall–Kier alpha value is -1.02. The van der Waals surface area contributed by atoms with Crippen LogP contribution < -0.4 is 10.6 Å². The Morgan fingerprint density at radius 3 is 2.32 bits per heavy atom. The molecule has 0 fully saturated rings. The van der Waals surface area contributed by atoms with E-state index in [0.29, 0.717) is 0 Å². The van der Waals surface area contributed by atoms with Gasteiger partial charge in [0.15, 0.2) is 0 Å². The zero-order valence-corrected chi connectivity index (χ0v) is 12.6. The Morgan fingerprint density at radius 1 is 0.842 bits per heavy atom. The average Bonchev–Trinajstić information content (AvgIpc) is 2.42. The number of nitrogens with one attached hydrogen (secondary N) is 2. The molecule has 0 saturated carbocycles. The first-order valence-corrected chi connectivity index (χ1v) is 7.78. The van der Waals surface area contributed by atoms with Gasteiger partial charge in [0.2, 0.25) is 0 Å². The second-order valence-electron chi connectivity index (χ2n) is 5.64. The summed E-state index contributed by atoms with van der Waals surface area (Å²) in [7, 11) is 0. The summed E-state index contributed by atoms with van der Waals surface area (Å²) in [4.78, 5) is 0. The van der Waals surface area contributed by atoms with Gasteiger partial charge in [0.25, 0.3) is 0 Å². The van der Waals surface area contributed by atoms with E-state index in [-0.39, 0.29) is 0 Å². The van der Waals surface area contributed by atoms with Crippen molar-refractivity contribution in [1.29, 1.82) is 0 Å². The summed E-state index contributed by atoms with van der Waals surface area (Å²) in [6, 6.07) is 10.4. The minimum absolute atomic E-state index is 0.863. The number of rotatable bonds is 11. The zero-order valence-electron chi connectivity index (χ0n) is 12.6. The number of hydrogen-bond acceptors (Lipinski definition) is 2. The summed E-state index contributed by atoms with van der Waals surface area (Å²) in [6.45, 7) is 7.80. The minimum atomic E-state index is 0.863. The largest absolute Gasteiger partial charge is 0.384 e. The average molecular weight is 262 g/mol. The van der Waals surface area contributed by atoms with E-state index in [0.717, 1.165) is 25.6 Å². The smallest absolute Gasteiger partial charge is 0.0340 e. The van der Waals surface area contributed by atoms with Crippen LogP contribution in [0.3, 0.4) is 0 Å². The molecular formula is C17H30N2. The molecule has 0 radical (unpaired) electrons. The van der Waals surface area contributed by atoms with Crippen LogP contribution in [-0.2, 0) is 0 Å². The van der Waals surface area contributed by atoms with Crippen molar-refractivity contribution in [2.24, 2.45) is 5.92 Å². The lowest BCUT2D eigenvalue weighted by Crippen LogP contribution is -2.23. The van der Waals surface area contributed by atoms with Gasteiger partial charge in [0.1, 0.15) is 0 Å². The van der Waals surface area contributed by atoms with Crippen LogP contribution >= 0.6 is 0 Å². The molecule has 0 unspecified atom stereocenters. The number of unbranched alkanes of at least 4 members (excludes halogenated alkanes) is 3. The third kappa shape index (κ3) is 9.54. The highest BCUT2D eigenvalue weighted by atomic mass is 14.9. The molecule has 2 N–H and O–H groups in total. The van der Waals surface area contributed by atoms with Gasteiger partial charge in [-0.05, 0) is 31.0 Å². The van der Waals surface area contributed by atoms with Crippen molar-refractivity contribution in [3.63, 3.8) is 0 Å². The Balaban J connectivity index is 1.81. The van der Waals surface area contributed by atoms with Crippen LogP contribution in [0.25, 0.3) is 0 Å². The van der Waals surface area contributed by atoms with Gasteiger partial charge in [0, 0.05) is 18.8 Å². The molecule has 0 amide bonds. The zero-order chi connectivity index (χ0) is 13.8. The number of para-hydroxylation sites is 1. The Morgan fingerprint density at radius 2 is 1.58 bits per heavy atom. The maximum atomic E-state index is 3.49. The molecule has 1 aromatic rings. The quantitative estimate of drug-likeness (QED) is 0.581. The lowest BCUT2D eigenvalue weighted by Gasteiger charge is -2.08. The summed E-state index contributed by atoms with van der Waals surface area (Å²) in [6.07, 6.45) is 6.85. The molecule has 0 bridgehead atoms. The molecule has 0 aliphatic heterocycles. The van der Waals surface area contributed by atoms with Crippen LogP contribution in [0.1, 0.15) is 46.0 Å². The molecule has 1 aromatic carbocycles. The molecule has 1 rings (SSSR count). The molecule has 0 atom stereocenters. The maximum Gasteiger partial charge on any atom is 0.0340 e. The second-order valence-corrected chi connectivity index (χ2v) is 5.64. The molecule has 0 aromatic heterocycles. The summed E-state index contributed by atoms with van der Waals surface area (Å²) in [5.41, 5.74) is 1.21. The fourth-order valence-electron chi connectivity index (χ4n) is 2.13. The fraction of sp³-hybridized carbons (Fsp3) is 0.647. The van der Waals surface area contributed by atoms with Gasteiger partial charge in [-0.2, -0.15) is 0 Å². The van der Waals surface area contributed by atoms with Gasteiger partial charge >= 0.3 is 0 Å². The highest BCUT2D eigenvalue weighted by Crippen LogP contribution is 2.08. The van der Waals surface area contributed by atoms with Crippen LogP contribution in [0, 0.1) is 5.92 Å². The highest BCUT2D eigenvalue weighted by Gasteiger charge is 1.94. The van der Waals surface area contributed by atoms with Crippen molar-refractivity contribution in [3.05, 3.63) is 30.3 Å². The molecule has 19 heavy (non-hydrogen) atoms. The van der Waals surface area contributed by atoms with Crippen molar-refractivity contribution in [3.8, 4) is 0 Å². The van der Waals surface area contributed by atoms with E-state index in [9.17, 15) is 0 Å². The van der Waals surface area contributed by atoms with Crippen LogP contribution in [0.15, 0.2) is 30.3 Å². The minimum Gasteiger partial charge on any atom is -0.384 e. The number of anilines is 1. The SMILES string of the molecule is CC(C)CCCCCCNCCNc1ccccc1. The summed E-state index contributed by atoms with van der Waals surface area (Å²) < 4.78 is 0. The van der Waals surface area contributed by atoms with Crippen LogP contribution in [0.4, 0.5) is 5.69 Å². The van der Waals surface area contributed by atoms with Gasteiger partial charge in [-0.15, -0.1) is 0 Å². The first-order chi connectivity index (χ1) is 9.29. The highest BCUT2D eigenvalue weighted by molar-refractivity contribution is 5.42. The molecular weight excluding hydrogens is 232 g/mol. The number of hydrogen-bond donors (Lipinski definition) is 2. The molecule has 108 valence electrons. The van der Waals surface area contributed by atoms with E-state index in [1.807, 2.05) is 6.07 Å². The molecule has 0 aliphatic carbocycles. The summed E-state index contributed by atoms with van der Waals surface area (Å²) in [5, 5.41) is 6.90. The fourth-order valence-corrected chi connectivity index (χ4v) is 2.13. The van der Waals surface area contributed by atoms with Crippen molar-refractivity contribution < 1.29 is 0 Å². The van der Waals surface area contributed by atoms with Gasteiger partial charge in [-0.25, -0.2) is 0 Å². The molecule has 0 saturated heterocycles. The molecule has 2 heteroatoms. The van der Waals surface area contributed by atoms with E-state index >= 15 is 0 Å². The van der Waals surface area contributed by atoms with Gasteiger partial charge in [-0.1, -0.05) is 57.7 Å². The van der Waals surface area contributed by atoms with E-state index < -0.39 is 0 Å². The van der Waals surface area contributed by atoms with Gasteiger partial charge in [0.05, 0.1) is 0 Å². The third-order valence-corrected chi connectivity index (χ3v) is 3.29. The topological polar surface area (TPSA) is 24.1 Å². The lowest BCUT2D eigenvalue weighted by molar-refractivity contribution is 0.513. The van der Waals surface area contributed by atoms with Crippen molar-refractivity contribution in [2.75, 3.05) is 25.0 Å². The van der Waals surface area contributed by atoms with Gasteiger partial charge < -0.3 is 10.6 Å². The molecule has 2 nitrogen and oxygen atoms in total. The van der Waals surface area contributed by atoms with Crippen LogP contribution in [-0.4, -0.2) is 19.6 Å². The molecule has 0 aliphatic rings. The Labute approximate surface area is 119 Å². The van der Waals surface area contributed by atoms with E-state index in [4.69, 9.17) is 0 Å². The predicted molar refractivity (Wildman–Crippen MR) is 85.7 cm³/mol. The van der Waals surface area contributed by atoms with Crippen molar-refractivity contribution in [2.45, 2.75) is 46.0 Å². The maximum absolute atomic E-state index is 3.49. The van der Waals surface area contributed by atoms with Crippen LogP contribution in [0.5, 0.6) is 0 Å². The van der Waals surface area contributed by atoms with E-state index in [1.165, 1.54) is 37.8 Å². The Kier molecular flexibility index (Phi) is 9.17. The number of benzene rings is 1. The Bertz CT molecular complexity index is 295. The third-order valence-electron chi connectivity index (χ3n) is 3.29. The van der Waals surface area contributed by atoms with Gasteiger partial charge in [-0.3, -0.25) is 0 Å². The van der Waals surface area contributed by atoms with Crippen LogP contribution in [0.2, 0.25) is 0 Å². The van der Waals surface area contributed by atoms with Crippen molar-refractivity contribution >= 4 is 5.69 Å². The van der Waals surface area contributed by atoms with E-state index in [1.54, 1.807) is 0 Å². The normalized spacial score (nSPS) is 10.9. The lowest BCUT2D eigenvalue weighted by atomic mass is 10.0. The predicted octanol–water partition coefficient (Wildman–Crippen LogP) is 4.29. The second kappa shape index (κ2) is 10.9. The molecule has 0 spiro atoms.